The van der Waals surface area contributed by atoms with E-state index < -0.39 is 7.82 Å². The fourth-order valence-electron chi connectivity index (χ4n) is 2.82. The van der Waals surface area contributed by atoms with E-state index in [4.69, 9.17) is 13.6 Å². The van der Waals surface area contributed by atoms with Crippen molar-refractivity contribution in [3.8, 4) is 0 Å². The Morgan fingerprint density at radius 3 is 2.21 bits per heavy atom. The summed E-state index contributed by atoms with van der Waals surface area (Å²) in [5, 5.41) is 0. The summed E-state index contributed by atoms with van der Waals surface area (Å²) in [6.45, 7) is 10.9. The molecule has 0 amide bonds. The first-order valence-electron chi connectivity index (χ1n) is 7.49. The van der Waals surface area contributed by atoms with Gasteiger partial charge in [0.2, 0.25) is 0 Å². The van der Waals surface area contributed by atoms with Gasteiger partial charge in [0.1, 0.15) is 0 Å². The second-order valence-corrected chi connectivity index (χ2v) is 7.37. The molecule has 0 unspecified atom stereocenters. The van der Waals surface area contributed by atoms with Crippen LogP contribution in [0.5, 0.6) is 0 Å². The lowest BCUT2D eigenvalue weighted by molar-refractivity contribution is 0.00666. The molecule has 0 radical (unpaired) electrons. The molecular weight excluding hydrogens is 263 g/mol. The highest BCUT2D eigenvalue weighted by Crippen LogP contribution is 2.53. The molecule has 0 aromatic heterocycles. The summed E-state index contributed by atoms with van der Waals surface area (Å²) in [5.74, 6) is 1.57. The molecule has 1 aliphatic carbocycles. The second kappa shape index (κ2) is 7.78. The molecule has 0 bridgehead atoms. The van der Waals surface area contributed by atoms with Gasteiger partial charge in [-0.1, -0.05) is 27.2 Å². The molecule has 0 heterocycles. The van der Waals surface area contributed by atoms with Crippen LogP contribution in [-0.2, 0) is 18.1 Å². The van der Waals surface area contributed by atoms with Crippen molar-refractivity contribution < 1.29 is 18.1 Å². The number of phosphoric ester groups is 1. The zero-order valence-corrected chi connectivity index (χ0v) is 13.8. The third-order valence-corrected chi connectivity index (χ3v) is 5.48. The quantitative estimate of drug-likeness (QED) is 0.641. The molecule has 1 saturated carbocycles. The molecule has 0 aromatic rings. The van der Waals surface area contributed by atoms with E-state index in [9.17, 15) is 4.57 Å². The van der Waals surface area contributed by atoms with Gasteiger partial charge in [-0.25, -0.2) is 4.57 Å². The van der Waals surface area contributed by atoms with Crippen molar-refractivity contribution in [1.82, 2.24) is 0 Å². The average molecular weight is 292 g/mol. The first-order valence-corrected chi connectivity index (χ1v) is 8.95. The second-order valence-electron chi connectivity index (χ2n) is 5.75. The maximum atomic E-state index is 12.5. The minimum Gasteiger partial charge on any atom is -0.287 e. The van der Waals surface area contributed by atoms with Crippen LogP contribution in [0.4, 0.5) is 0 Å². The minimum absolute atomic E-state index is 0.0207. The molecule has 0 saturated heterocycles. The van der Waals surface area contributed by atoms with E-state index >= 15 is 0 Å². The van der Waals surface area contributed by atoms with Gasteiger partial charge in [-0.05, 0) is 44.4 Å². The lowest BCUT2D eigenvalue weighted by Crippen LogP contribution is -2.34. The zero-order chi connectivity index (χ0) is 14.5. The Kier molecular flexibility index (Phi) is 7.02. The van der Waals surface area contributed by atoms with E-state index in [1.807, 2.05) is 0 Å². The van der Waals surface area contributed by atoms with Crippen LogP contribution in [-0.4, -0.2) is 19.3 Å². The van der Waals surface area contributed by atoms with E-state index in [1.165, 1.54) is 6.42 Å². The molecule has 1 fully saturated rings. The van der Waals surface area contributed by atoms with Gasteiger partial charge < -0.3 is 0 Å². The third-order valence-electron chi connectivity index (χ3n) is 3.80. The summed E-state index contributed by atoms with van der Waals surface area (Å²) in [4.78, 5) is 0. The molecule has 19 heavy (non-hydrogen) atoms. The highest BCUT2D eigenvalue weighted by molar-refractivity contribution is 7.48. The monoisotopic (exact) mass is 292 g/mol. The average Bonchev–Trinajstić information content (AvgIpc) is 2.28. The van der Waals surface area contributed by atoms with Gasteiger partial charge in [-0.2, -0.15) is 0 Å². The summed E-state index contributed by atoms with van der Waals surface area (Å²) in [7, 11) is -3.39. The maximum Gasteiger partial charge on any atom is 0.475 e. The molecule has 1 aliphatic rings. The van der Waals surface area contributed by atoms with Crippen LogP contribution in [0.15, 0.2) is 0 Å². The maximum absolute atomic E-state index is 12.5. The predicted molar refractivity (Wildman–Crippen MR) is 77.1 cm³/mol. The van der Waals surface area contributed by atoms with Gasteiger partial charge in [0.15, 0.2) is 0 Å². The van der Waals surface area contributed by atoms with Crippen LogP contribution in [0.2, 0.25) is 0 Å². The van der Waals surface area contributed by atoms with Crippen LogP contribution in [0.1, 0.15) is 53.9 Å². The van der Waals surface area contributed by atoms with Gasteiger partial charge in [0.05, 0.1) is 19.3 Å². The largest absolute Gasteiger partial charge is 0.475 e. The van der Waals surface area contributed by atoms with Crippen molar-refractivity contribution in [3.05, 3.63) is 0 Å². The topological polar surface area (TPSA) is 44.8 Å². The molecule has 0 spiro atoms. The lowest BCUT2D eigenvalue weighted by atomic mass is 9.75. The first-order chi connectivity index (χ1) is 8.91. The molecule has 0 N–H and O–H groups in total. The van der Waals surface area contributed by atoms with Gasteiger partial charge in [0.25, 0.3) is 0 Å². The van der Waals surface area contributed by atoms with Gasteiger partial charge in [-0.15, -0.1) is 0 Å². The highest BCUT2D eigenvalue weighted by Gasteiger charge is 2.38. The highest BCUT2D eigenvalue weighted by atomic mass is 31.2. The van der Waals surface area contributed by atoms with E-state index in [-0.39, 0.29) is 6.10 Å². The van der Waals surface area contributed by atoms with Gasteiger partial charge in [-0.3, -0.25) is 13.6 Å². The summed E-state index contributed by atoms with van der Waals surface area (Å²) in [6, 6.07) is 0. The Morgan fingerprint density at radius 2 is 1.74 bits per heavy atom. The SMILES string of the molecule is CCOP(=O)(OCC)O[C@H]1C[C@H](C)CC[C@H]1C(C)C. The van der Waals surface area contributed by atoms with Crippen LogP contribution < -0.4 is 0 Å². The van der Waals surface area contributed by atoms with Crippen LogP contribution in [0.25, 0.3) is 0 Å². The van der Waals surface area contributed by atoms with E-state index in [0.717, 1.165) is 12.8 Å². The summed E-state index contributed by atoms with van der Waals surface area (Å²) in [6.07, 6.45) is 3.26. The molecular formula is C14H29O4P. The normalized spacial score (nSPS) is 28.8. The van der Waals surface area contributed by atoms with Gasteiger partial charge >= 0.3 is 7.82 Å². The summed E-state index contributed by atoms with van der Waals surface area (Å²) in [5.41, 5.74) is 0. The molecule has 0 aliphatic heterocycles. The standard InChI is InChI=1S/C14H29O4P/c1-6-16-19(15,17-7-2)18-14-10-12(5)8-9-13(14)11(3)4/h11-14H,6-10H2,1-5H3/t12-,13+,14+/m1/s1. The van der Waals surface area contributed by atoms with E-state index in [1.54, 1.807) is 13.8 Å². The number of phosphoric acid groups is 1. The first kappa shape index (κ1) is 17.2. The van der Waals surface area contributed by atoms with Crippen molar-refractivity contribution in [3.63, 3.8) is 0 Å². The molecule has 0 aromatic carbocycles. The molecule has 3 atom stereocenters. The summed E-state index contributed by atoms with van der Waals surface area (Å²) >= 11 is 0. The van der Waals surface area contributed by atoms with Crippen LogP contribution >= 0.6 is 7.82 Å². The fourth-order valence-corrected chi connectivity index (χ4v) is 4.22. The Morgan fingerprint density at radius 1 is 1.16 bits per heavy atom. The Balaban J connectivity index is 2.75. The van der Waals surface area contributed by atoms with Crippen LogP contribution in [0, 0.1) is 17.8 Å². The predicted octanol–water partition coefficient (Wildman–Crippen LogP) is 4.64. The van der Waals surface area contributed by atoms with E-state index in [2.05, 4.69) is 20.8 Å². The van der Waals surface area contributed by atoms with Crippen molar-refractivity contribution in [1.29, 1.82) is 0 Å². The third kappa shape index (κ3) is 5.18. The van der Waals surface area contributed by atoms with E-state index in [0.29, 0.717) is 31.0 Å². The van der Waals surface area contributed by atoms with Crippen molar-refractivity contribution in [2.45, 2.75) is 60.0 Å². The number of hydrogen-bond acceptors (Lipinski definition) is 4. The number of hydrogen-bond donors (Lipinski definition) is 0. The van der Waals surface area contributed by atoms with Crippen molar-refractivity contribution in [2.75, 3.05) is 13.2 Å². The smallest absolute Gasteiger partial charge is 0.287 e. The Hall–Kier alpha value is 0.110. The molecule has 1 rings (SSSR count). The van der Waals surface area contributed by atoms with Crippen LogP contribution in [0.3, 0.4) is 0 Å². The van der Waals surface area contributed by atoms with Crippen molar-refractivity contribution in [2.24, 2.45) is 17.8 Å². The number of rotatable bonds is 7. The fraction of sp³-hybridized carbons (Fsp3) is 1.00. The van der Waals surface area contributed by atoms with Gasteiger partial charge in [0, 0.05) is 0 Å². The minimum atomic E-state index is -3.39. The molecule has 5 heteroatoms. The zero-order valence-electron chi connectivity index (χ0n) is 12.9. The summed E-state index contributed by atoms with van der Waals surface area (Å²) < 4.78 is 28.8. The Labute approximate surface area is 117 Å². The molecule has 4 nitrogen and oxygen atoms in total. The molecule has 114 valence electrons. The van der Waals surface area contributed by atoms with Crippen molar-refractivity contribution >= 4 is 7.82 Å². The Bertz CT molecular complexity index is 296. The lowest BCUT2D eigenvalue weighted by Gasteiger charge is -2.38.